The van der Waals surface area contributed by atoms with E-state index < -0.39 is 5.97 Å². The van der Waals surface area contributed by atoms with E-state index in [4.69, 9.17) is 10.2 Å². The molecule has 1 rings (SSSR count). The van der Waals surface area contributed by atoms with Gasteiger partial charge in [0.25, 0.3) is 0 Å². The summed E-state index contributed by atoms with van der Waals surface area (Å²) in [6.45, 7) is 0. The lowest BCUT2D eigenvalue weighted by atomic mass is 10.1. The highest BCUT2D eigenvalue weighted by molar-refractivity contribution is 5.92. The summed E-state index contributed by atoms with van der Waals surface area (Å²) >= 11 is 0. The number of carbonyl (C=O) groups excluding carboxylic acids is 1. The van der Waals surface area contributed by atoms with Gasteiger partial charge in [0.1, 0.15) is 5.75 Å². The number of hydrogen-bond acceptors (Lipinski definition) is 3. The van der Waals surface area contributed by atoms with E-state index in [2.05, 4.69) is 0 Å². The minimum Gasteiger partial charge on any atom is -0.508 e. The van der Waals surface area contributed by atoms with Crippen molar-refractivity contribution in [1.29, 1.82) is 0 Å². The van der Waals surface area contributed by atoms with Crippen molar-refractivity contribution < 1.29 is 19.8 Å². The number of phenolic OH excluding ortho intramolecular Hbond substituents is 1. The summed E-state index contributed by atoms with van der Waals surface area (Å²) in [4.78, 5) is 23.6. The van der Waals surface area contributed by atoms with E-state index in [0.717, 1.165) is 0 Å². The molecule has 0 radical (unpaired) electrons. The standard InChI is InChI=1S/C13H17NO4/c1-14(10-6-8-11(15)9-7-10)12(16)4-2-3-5-13(17)18/h6-9,15H,2-5H2,1H3,(H,17,18). The Bertz CT molecular complexity index is 414. The van der Waals surface area contributed by atoms with E-state index in [1.807, 2.05) is 0 Å². The fourth-order valence-corrected chi connectivity index (χ4v) is 1.54. The molecule has 0 saturated carbocycles. The van der Waals surface area contributed by atoms with Gasteiger partial charge in [-0.05, 0) is 37.1 Å². The van der Waals surface area contributed by atoms with Crippen LogP contribution in [0.3, 0.4) is 0 Å². The molecule has 1 aromatic carbocycles. The number of benzene rings is 1. The molecule has 0 fully saturated rings. The summed E-state index contributed by atoms with van der Waals surface area (Å²) in [7, 11) is 1.66. The quantitative estimate of drug-likeness (QED) is 0.758. The lowest BCUT2D eigenvalue weighted by Crippen LogP contribution is -2.25. The third-order valence-electron chi connectivity index (χ3n) is 2.64. The molecule has 5 heteroatoms. The fourth-order valence-electron chi connectivity index (χ4n) is 1.54. The molecule has 1 amide bonds. The van der Waals surface area contributed by atoms with Gasteiger partial charge in [0.2, 0.25) is 5.91 Å². The molecule has 0 spiro atoms. The van der Waals surface area contributed by atoms with Crippen molar-refractivity contribution in [3.8, 4) is 5.75 Å². The van der Waals surface area contributed by atoms with Gasteiger partial charge in [-0.2, -0.15) is 0 Å². The van der Waals surface area contributed by atoms with Crippen LogP contribution in [0.5, 0.6) is 5.75 Å². The second kappa shape index (κ2) is 6.64. The monoisotopic (exact) mass is 251 g/mol. The van der Waals surface area contributed by atoms with Gasteiger partial charge in [-0.25, -0.2) is 0 Å². The molecule has 5 nitrogen and oxygen atoms in total. The Kier molecular flexibility index (Phi) is 5.17. The summed E-state index contributed by atoms with van der Waals surface area (Å²) in [5, 5.41) is 17.6. The van der Waals surface area contributed by atoms with Gasteiger partial charge >= 0.3 is 5.97 Å². The molecule has 0 unspecified atom stereocenters. The van der Waals surface area contributed by atoms with Crippen LogP contribution in [0.1, 0.15) is 25.7 Å². The lowest BCUT2D eigenvalue weighted by molar-refractivity contribution is -0.137. The minimum atomic E-state index is -0.839. The molecule has 1 aromatic rings. The van der Waals surface area contributed by atoms with Crippen LogP contribution in [0, 0.1) is 0 Å². The van der Waals surface area contributed by atoms with Crippen molar-refractivity contribution in [1.82, 2.24) is 0 Å². The summed E-state index contributed by atoms with van der Waals surface area (Å²) < 4.78 is 0. The Hall–Kier alpha value is -2.04. The number of hydrogen-bond donors (Lipinski definition) is 2. The highest BCUT2D eigenvalue weighted by Gasteiger charge is 2.10. The molecular formula is C13H17NO4. The molecular weight excluding hydrogens is 234 g/mol. The van der Waals surface area contributed by atoms with E-state index in [0.29, 0.717) is 24.9 Å². The first-order valence-corrected chi connectivity index (χ1v) is 5.78. The van der Waals surface area contributed by atoms with Crippen molar-refractivity contribution >= 4 is 17.6 Å². The van der Waals surface area contributed by atoms with E-state index >= 15 is 0 Å². The maximum Gasteiger partial charge on any atom is 0.303 e. The Balaban J connectivity index is 2.41. The van der Waals surface area contributed by atoms with Crippen molar-refractivity contribution in [3.63, 3.8) is 0 Å². The number of nitrogens with zero attached hydrogens (tertiary/aromatic N) is 1. The Morgan fingerprint density at radius 1 is 1.11 bits per heavy atom. The van der Waals surface area contributed by atoms with E-state index in [1.165, 1.54) is 17.0 Å². The largest absolute Gasteiger partial charge is 0.508 e. The number of carboxylic acids is 1. The second-order valence-corrected chi connectivity index (χ2v) is 4.07. The van der Waals surface area contributed by atoms with E-state index in [9.17, 15) is 9.59 Å². The van der Waals surface area contributed by atoms with Crippen LogP contribution >= 0.6 is 0 Å². The van der Waals surface area contributed by atoms with E-state index in [1.54, 1.807) is 19.2 Å². The van der Waals surface area contributed by atoms with Crippen LogP contribution in [0.25, 0.3) is 0 Å². The summed E-state index contributed by atoms with van der Waals surface area (Å²) in [5.41, 5.74) is 0.705. The first-order valence-electron chi connectivity index (χ1n) is 5.78. The summed E-state index contributed by atoms with van der Waals surface area (Å²) in [5.74, 6) is -0.749. The zero-order valence-electron chi connectivity index (χ0n) is 10.3. The number of unbranched alkanes of at least 4 members (excludes halogenated alkanes) is 1. The van der Waals surface area contributed by atoms with Crippen LogP contribution < -0.4 is 4.90 Å². The Morgan fingerprint density at radius 2 is 1.67 bits per heavy atom. The molecule has 0 aliphatic rings. The van der Waals surface area contributed by atoms with E-state index in [-0.39, 0.29) is 18.1 Å². The number of carbonyl (C=O) groups is 2. The van der Waals surface area contributed by atoms with Gasteiger partial charge in [-0.15, -0.1) is 0 Å². The molecule has 2 N–H and O–H groups in total. The number of rotatable bonds is 6. The molecule has 0 saturated heterocycles. The number of amides is 1. The van der Waals surface area contributed by atoms with Gasteiger partial charge in [-0.3, -0.25) is 9.59 Å². The first kappa shape index (κ1) is 14.0. The zero-order chi connectivity index (χ0) is 13.5. The third-order valence-corrected chi connectivity index (χ3v) is 2.64. The summed E-state index contributed by atoms with van der Waals surface area (Å²) in [6, 6.07) is 6.35. The van der Waals surface area contributed by atoms with Crippen LogP contribution in [0.15, 0.2) is 24.3 Å². The summed E-state index contributed by atoms with van der Waals surface area (Å²) in [6.07, 6.45) is 1.49. The van der Waals surface area contributed by atoms with Crippen LogP contribution in [-0.4, -0.2) is 29.1 Å². The van der Waals surface area contributed by atoms with Gasteiger partial charge in [0, 0.05) is 25.6 Å². The normalized spacial score (nSPS) is 10.1. The zero-order valence-corrected chi connectivity index (χ0v) is 10.3. The smallest absolute Gasteiger partial charge is 0.303 e. The maximum absolute atomic E-state index is 11.8. The third kappa shape index (κ3) is 4.45. The predicted molar refractivity (Wildman–Crippen MR) is 67.6 cm³/mol. The van der Waals surface area contributed by atoms with Gasteiger partial charge in [-0.1, -0.05) is 0 Å². The van der Waals surface area contributed by atoms with Crippen LogP contribution in [0.2, 0.25) is 0 Å². The maximum atomic E-state index is 11.8. The molecule has 0 aliphatic heterocycles. The molecule has 18 heavy (non-hydrogen) atoms. The van der Waals surface area contributed by atoms with Crippen molar-refractivity contribution in [2.24, 2.45) is 0 Å². The predicted octanol–water partition coefficient (Wildman–Crippen LogP) is 2.00. The van der Waals surface area contributed by atoms with Crippen LogP contribution in [0.4, 0.5) is 5.69 Å². The number of aromatic hydroxyl groups is 1. The molecule has 0 aromatic heterocycles. The average molecular weight is 251 g/mol. The SMILES string of the molecule is CN(C(=O)CCCCC(=O)O)c1ccc(O)cc1. The molecule has 0 aliphatic carbocycles. The van der Waals surface area contributed by atoms with Gasteiger partial charge < -0.3 is 15.1 Å². The average Bonchev–Trinajstić information content (AvgIpc) is 2.34. The van der Waals surface area contributed by atoms with Gasteiger partial charge in [0.15, 0.2) is 0 Å². The topological polar surface area (TPSA) is 77.8 Å². The number of phenols is 1. The van der Waals surface area contributed by atoms with Gasteiger partial charge in [0.05, 0.1) is 0 Å². The lowest BCUT2D eigenvalue weighted by Gasteiger charge is -2.17. The van der Waals surface area contributed by atoms with Crippen molar-refractivity contribution in [2.75, 3.05) is 11.9 Å². The Labute approximate surface area is 106 Å². The highest BCUT2D eigenvalue weighted by atomic mass is 16.4. The molecule has 0 bridgehead atoms. The van der Waals surface area contributed by atoms with Crippen molar-refractivity contribution in [2.45, 2.75) is 25.7 Å². The van der Waals surface area contributed by atoms with Crippen LogP contribution in [-0.2, 0) is 9.59 Å². The number of anilines is 1. The van der Waals surface area contributed by atoms with Crippen molar-refractivity contribution in [3.05, 3.63) is 24.3 Å². The minimum absolute atomic E-state index is 0.0638. The Morgan fingerprint density at radius 3 is 2.22 bits per heavy atom. The molecule has 98 valence electrons. The molecule has 0 heterocycles. The number of carboxylic acid groups (broad SMARTS) is 1. The highest BCUT2D eigenvalue weighted by Crippen LogP contribution is 2.18. The second-order valence-electron chi connectivity index (χ2n) is 4.07. The fraction of sp³-hybridized carbons (Fsp3) is 0.385. The number of aliphatic carboxylic acids is 1. The first-order chi connectivity index (χ1) is 8.50. The molecule has 0 atom stereocenters.